The van der Waals surface area contributed by atoms with Gasteiger partial charge >= 0.3 is 6.18 Å². The smallest absolute Gasteiger partial charge is 0.371 e. The van der Waals surface area contributed by atoms with Crippen LogP contribution in [0.4, 0.5) is 33.7 Å². The van der Waals surface area contributed by atoms with Crippen LogP contribution >= 0.6 is 0 Å². The first kappa shape index (κ1) is 23.1. The molecule has 0 unspecified atom stereocenters. The van der Waals surface area contributed by atoms with Gasteiger partial charge in [0, 0.05) is 25.4 Å². The standard InChI is InChI=1S/C20H21F5N10/c1-26-16-15-11(12-3-4-13-17(27-12)35(32-30-13)10-20(23,24)25)5-8-34(15)31-18(29-16)28-14-6-7-33(2)9-19(14,21)22/h3-5,8,14H,6-7,9-10H2,1-2H3,(H2,26,28,29,31)/t14-/m1/s1. The second-order valence-electron chi connectivity index (χ2n) is 8.44. The van der Waals surface area contributed by atoms with Gasteiger partial charge in [-0.25, -0.2) is 23.0 Å². The second kappa shape index (κ2) is 8.25. The number of anilines is 2. The van der Waals surface area contributed by atoms with Crippen LogP contribution < -0.4 is 10.6 Å². The number of hydrogen-bond acceptors (Lipinski definition) is 8. The second-order valence-corrected chi connectivity index (χ2v) is 8.44. The van der Waals surface area contributed by atoms with E-state index in [2.05, 4.69) is 36.0 Å². The minimum Gasteiger partial charge on any atom is -0.371 e. The lowest BCUT2D eigenvalue weighted by molar-refractivity contribution is -0.142. The minimum atomic E-state index is -4.48. The molecule has 5 heterocycles. The van der Waals surface area contributed by atoms with E-state index in [0.717, 1.165) is 0 Å². The summed E-state index contributed by atoms with van der Waals surface area (Å²) in [4.78, 5) is 10.3. The summed E-state index contributed by atoms with van der Waals surface area (Å²) in [6.45, 7) is -1.18. The van der Waals surface area contributed by atoms with E-state index in [-0.39, 0.29) is 30.1 Å². The van der Waals surface area contributed by atoms with Crippen LogP contribution in [0.1, 0.15) is 6.42 Å². The van der Waals surface area contributed by atoms with Crippen LogP contribution in [0.2, 0.25) is 0 Å². The maximum atomic E-state index is 14.5. The molecule has 4 aromatic heterocycles. The van der Waals surface area contributed by atoms with Crippen LogP contribution in [0.5, 0.6) is 0 Å². The SMILES string of the molecule is CNc1nc(N[C@@H]2CCN(C)CC2(F)F)nn2ccc(-c3ccc4nnn(CC(F)(F)F)c4n3)c12. The van der Waals surface area contributed by atoms with Crippen LogP contribution in [0.3, 0.4) is 0 Å². The van der Waals surface area contributed by atoms with Crippen molar-refractivity contribution in [3.63, 3.8) is 0 Å². The molecule has 0 saturated carbocycles. The van der Waals surface area contributed by atoms with Crippen molar-refractivity contribution in [3.05, 3.63) is 24.4 Å². The summed E-state index contributed by atoms with van der Waals surface area (Å²) >= 11 is 0. The largest absolute Gasteiger partial charge is 0.408 e. The first-order valence-corrected chi connectivity index (χ1v) is 10.7. The molecule has 35 heavy (non-hydrogen) atoms. The zero-order chi connectivity index (χ0) is 25.0. The van der Waals surface area contributed by atoms with E-state index in [1.54, 1.807) is 37.3 Å². The fourth-order valence-electron chi connectivity index (χ4n) is 4.19. The van der Waals surface area contributed by atoms with Gasteiger partial charge in [-0.05, 0) is 31.7 Å². The third-order valence-electron chi connectivity index (χ3n) is 5.81. The Labute approximate surface area is 195 Å². The first-order valence-electron chi connectivity index (χ1n) is 10.7. The van der Waals surface area contributed by atoms with Crippen molar-refractivity contribution >= 4 is 28.4 Å². The molecule has 2 N–H and O–H groups in total. The average molecular weight is 496 g/mol. The Morgan fingerprint density at radius 3 is 2.69 bits per heavy atom. The van der Waals surface area contributed by atoms with Crippen molar-refractivity contribution in [2.45, 2.75) is 31.1 Å². The Morgan fingerprint density at radius 2 is 1.97 bits per heavy atom. The number of nitrogens with zero attached hydrogens (tertiary/aromatic N) is 8. The van der Waals surface area contributed by atoms with E-state index in [1.165, 1.54) is 10.6 Å². The summed E-state index contributed by atoms with van der Waals surface area (Å²) in [5.41, 5.74) is 1.57. The highest BCUT2D eigenvalue weighted by Gasteiger charge is 2.44. The van der Waals surface area contributed by atoms with E-state index in [0.29, 0.717) is 33.8 Å². The lowest BCUT2D eigenvalue weighted by atomic mass is 10.0. The van der Waals surface area contributed by atoms with Crippen LogP contribution in [0, 0.1) is 0 Å². The zero-order valence-electron chi connectivity index (χ0n) is 18.7. The van der Waals surface area contributed by atoms with Crippen LogP contribution in [-0.2, 0) is 6.54 Å². The number of likely N-dealkylation sites (tertiary alicyclic amines) is 1. The molecule has 0 radical (unpaired) electrons. The molecule has 5 rings (SSSR count). The summed E-state index contributed by atoms with van der Waals surface area (Å²) in [5.74, 6) is -2.60. The Bertz CT molecular complexity index is 1380. The summed E-state index contributed by atoms with van der Waals surface area (Å²) in [7, 11) is 3.26. The maximum absolute atomic E-state index is 14.5. The summed E-state index contributed by atoms with van der Waals surface area (Å²) in [5, 5.41) is 17.3. The Kier molecular flexibility index (Phi) is 5.45. The number of rotatable bonds is 5. The van der Waals surface area contributed by atoms with Crippen molar-refractivity contribution in [2.24, 2.45) is 0 Å². The fourth-order valence-corrected chi connectivity index (χ4v) is 4.19. The van der Waals surface area contributed by atoms with Gasteiger partial charge in [-0.3, -0.25) is 0 Å². The highest BCUT2D eigenvalue weighted by atomic mass is 19.4. The van der Waals surface area contributed by atoms with Crippen molar-refractivity contribution in [3.8, 4) is 11.3 Å². The van der Waals surface area contributed by atoms with E-state index in [1.807, 2.05) is 0 Å². The number of pyridine rings is 1. The van der Waals surface area contributed by atoms with Crippen molar-refractivity contribution < 1.29 is 22.0 Å². The number of fused-ring (bicyclic) bond motifs is 2. The highest BCUT2D eigenvalue weighted by Crippen LogP contribution is 2.32. The quantitative estimate of drug-likeness (QED) is 0.407. The van der Waals surface area contributed by atoms with Gasteiger partial charge in [0.2, 0.25) is 5.95 Å². The van der Waals surface area contributed by atoms with Gasteiger partial charge < -0.3 is 15.5 Å². The zero-order valence-corrected chi connectivity index (χ0v) is 18.7. The topological polar surface area (TPSA) is 101 Å². The minimum absolute atomic E-state index is 0.0196. The maximum Gasteiger partial charge on any atom is 0.408 e. The molecule has 0 amide bonds. The molecular formula is C20H21F5N10. The summed E-state index contributed by atoms with van der Waals surface area (Å²) in [6, 6.07) is 3.68. The average Bonchev–Trinajstić information content (AvgIpc) is 3.37. The van der Waals surface area contributed by atoms with Gasteiger partial charge in [-0.1, -0.05) is 5.21 Å². The third kappa shape index (κ3) is 4.42. The predicted molar refractivity (Wildman–Crippen MR) is 117 cm³/mol. The number of hydrogen-bond donors (Lipinski definition) is 2. The first-order chi connectivity index (χ1) is 16.5. The number of piperidine rings is 1. The fraction of sp³-hybridized carbons (Fsp3) is 0.450. The predicted octanol–water partition coefficient (Wildman–Crippen LogP) is 2.89. The van der Waals surface area contributed by atoms with Gasteiger partial charge in [0.15, 0.2) is 11.5 Å². The molecule has 186 valence electrons. The van der Waals surface area contributed by atoms with Gasteiger partial charge in [-0.15, -0.1) is 10.2 Å². The molecule has 1 aliphatic rings. The lowest BCUT2D eigenvalue weighted by Gasteiger charge is -2.36. The molecule has 4 aromatic rings. The lowest BCUT2D eigenvalue weighted by Crippen LogP contribution is -2.53. The Hall–Kier alpha value is -3.62. The van der Waals surface area contributed by atoms with Crippen LogP contribution in [0.25, 0.3) is 27.9 Å². The number of halogens is 5. The van der Waals surface area contributed by atoms with Gasteiger partial charge in [0.05, 0.1) is 18.3 Å². The molecule has 0 aromatic carbocycles. The van der Waals surface area contributed by atoms with Crippen LogP contribution in [-0.4, -0.2) is 84.8 Å². The molecule has 0 aliphatic carbocycles. The van der Waals surface area contributed by atoms with Crippen LogP contribution in [0.15, 0.2) is 24.4 Å². The number of alkyl halides is 5. The molecule has 1 fully saturated rings. The van der Waals surface area contributed by atoms with E-state index in [9.17, 15) is 22.0 Å². The van der Waals surface area contributed by atoms with Crippen molar-refractivity contribution in [1.82, 2.24) is 39.5 Å². The summed E-state index contributed by atoms with van der Waals surface area (Å²) < 4.78 is 69.8. The Balaban J connectivity index is 1.52. The molecule has 0 bridgehead atoms. The molecule has 1 saturated heterocycles. The Morgan fingerprint density at radius 1 is 1.17 bits per heavy atom. The van der Waals surface area contributed by atoms with Crippen molar-refractivity contribution in [2.75, 3.05) is 37.8 Å². The van der Waals surface area contributed by atoms with E-state index < -0.39 is 24.7 Å². The van der Waals surface area contributed by atoms with E-state index >= 15 is 0 Å². The number of aromatic nitrogens is 7. The third-order valence-corrected chi connectivity index (χ3v) is 5.81. The molecule has 1 aliphatic heterocycles. The normalized spacial score (nSPS) is 18.9. The molecule has 10 nitrogen and oxygen atoms in total. The molecule has 1 atom stereocenters. The molecular weight excluding hydrogens is 475 g/mol. The van der Waals surface area contributed by atoms with Crippen molar-refractivity contribution in [1.29, 1.82) is 0 Å². The van der Waals surface area contributed by atoms with Gasteiger partial charge in [0.1, 0.15) is 17.6 Å². The monoisotopic (exact) mass is 496 g/mol. The summed E-state index contributed by atoms with van der Waals surface area (Å²) in [6.07, 6.45) is -2.66. The molecule has 15 heteroatoms. The highest BCUT2D eigenvalue weighted by molar-refractivity contribution is 5.89. The molecule has 0 spiro atoms. The van der Waals surface area contributed by atoms with E-state index in [4.69, 9.17) is 0 Å². The van der Waals surface area contributed by atoms with Gasteiger partial charge in [0.25, 0.3) is 5.92 Å². The van der Waals surface area contributed by atoms with Gasteiger partial charge in [-0.2, -0.15) is 18.2 Å². The number of nitrogens with one attached hydrogen (secondary N) is 2.